The molecule has 0 radical (unpaired) electrons. The molecule has 3 heterocycles. The standard InChI is InChI=1S/C16H13N5/c1-2-4-12(5-3-1)10-21-11-16(19-20-21)14-9-18-15-6-7-17-8-13(14)15/h1-9,11,18H,10H2. The van der Waals surface area contributed by atoms with E-state index in [4.69, 9.17) is 0 Å². The van der Waals surface area contributed by atoms with Gasteiger partial charge in [-0.25, -0.2) is 4.68 Å². The van der Waals surface area contributed by atoms with Gasteiger partial charge in [-0.05, 0) is 11.6 Å². The highest BCUT2D eigenvalue weighted by atomic mass is 15.4. The van der Waals surface area contributed by atoms with Crippen LogP contribution in [0, 0.1) is 0 Å². The number of benzene rings is 1. The van der Waals surface area contributed by atoms with E-state index in [1.54, 1.807) is 6.20 Å². The molecule has 0 saturated heterocycles. The molecule has 0 spiro atoms. The quantitative estimate of drug-likeness (QED) is 0.625. The number of H-pyrrole nitrogens is 1. The number of hydrogen-bond donors (Lipinski definition) is 1. The normalized spacial score (nSPS) is 11.0. The molecule has 1 N–H and O–H groups in total. The highest BCUT2D eigenvalue weighted by Crippen LogP contribution is 2.25. The smallest absolute Gasteiger partial charge is 0.115 e. The molecule has 0 saturated carbocycles. The van der Waals surface area contributed by atoms with Gasteiger partial charge in [0.25, 0.3) is 0 Å². The number of pyridine rings is 1. The molecule has 1 aromatic carbocycles. The first-order chi connectivity index (χ1) is 10.4. The zero-order valence-corrected chi connectivity index (χ0v) is 11.3. The van der Waals surface area contributed by atoms with Gasteiger partial charge in [-0.1, -0.05) is 35.5 Å². The molecule has 0 aliphatic heterocycles. The summed E-state index contributed by atoms with van der Waals surface area (Å²) in [6, 6.07) is 12.2. The molecule has 5 nitrogen and oxygen atoms in total. The second-order valence-electron chi connectivity index (χ2n) is 4.91. The minimum absolute atomic E-state index is 0.717. The maximum absolute atomic E-state index is 4.27. The zero-order valence-electron chi connectivity index (χ0n) is 11.3. The van der Waals surface area contributed by atoms with Crippen molar-refractivity contribution in [2.75, 3.05) is 0 Å². The fraction of sp³-hybridized carbons (Fsp3) is 0.0625. The summed E-state index contributed by atoms with van der Waals surface area (Å²) in [5, 5.41) is 9.54. The molecule has 0 atom stereocenters. The highest BCUT2D eigenvalue weighted by molar-refractivity contribution is 5.93. The van der Waals surface area contributed by atoms with Crippen molar-refractivity contribution in [2.45, 2.75) is 6.54 Å². The summed E-state index contributed by atoms with van der Waals surface area (Å²) in [6.07, 6.45) is 7.53. The van der Waals surface area contributed by atoms with Crippen LogP contribution in [0.4, 0.5) is 0 Å². The first-order valence-corrected chi connectivity index (χ1v) is 6.76. The fourth-order valence-corrected chi connectivity index (χ4v) is 2.44. The summed E-state index contributed by atoms with van der Waals surface area (Å²) in [7, 11) is 0. The van der Waals surface area contributed by atoms with Gasteiger partial charge in [0.15, 0.2) is 0 Å². The summed E-state index contributed by atoms with van der Waals surface area (Å²) >= 11 is 0. The monoisotopic (exact) mass is 275 g/mol. The van der Waals surface area contributed by atoms with Gasteiger partial charge in [0, 0.05) is 35.1 Å². The molecule has 102 valence electrons. The van der Waals surface area contributed by atoms with Crippen molar-refractivity contribution in [3.63, 3.8) is 0 Å². The van der Waals surface area contributed by atoms with Crippen LogP contribution in [0.3, 0.4) is 0 Å². The van der Waals surface area contributed by atoms with Crippen molar-refractivity contribution in [3.05, 3.63) is 66.7 Å². The first kappa shape index (κ1) is 11.8. The Balaban J connectivity index is 1.68. The average Bonchev–Trinajstić information content (AvgIpc) is 3.14. The van der Waals surface area contributed by atoms with E-state index >= 15 is 0 Å². The number of hydrogen-bond acceptors (Lipinski definition) is 3. The van der Waals surface area contributed by atoms with E-state index in [0.29, 0.717) is 6.54 Å². The summed E-state index contributed by atoms with van der Waals surface area (Å²) in [6.45, 7) is 0.717. The lowest BCUT2D eigenvalue weighted by atomic mass is 10.2. The van der Waals surface area contributed by atoms with Crippen molar-refractivity contribution in [1.29, 1.82) is 0 Å². The predicted octanol–water partition coefficient (Wildman–Crippen LogP) is 2.87. The van der Waals surface area contributed by atoms with Crippen molar-refractivity contribution >= 4 is 10.9 Å². The van der Waals surface area contributed by atoms with Gasteiger partial charge in [-0.2, -0.15) is 0 Å². The molecular formula is C16H13N5. The number of aromatic amines is 1. The minimum atomic E-state index is 0.717. The molecule has 0 aliphatic rings. The Hall–Kier alpha value is -2.95. The molecule has 21 heavy (non-hydrogen) atoms. The predicted molar refractivity (Wildman–Crippen MR) is 80.7 cm³/mol. The Morgan fingerprint density at radius 3 is 2.90 bits per heavy atom. The summed E-state index contributed by atoms with van der Waals surface area (Å²) in [4.78, 5) is 7.40. The molecule has 0 aliphatic carbocycles. The number of nitrogens with one attached hydrogen (secondary N) is 1. The molecule has 0 unspecified atom stereocenters. The number of aromatic nitrogens is 5. The lowest BCUT2D eigenvalue weighted by Crippen LogP contribution is -1.99. The van der Waals surface area contributed by atoms with Gasteiger partial charge >= 0.3 is 0 Å². The number of rotatable bonds is 3. The lowest BCUT2D eigenvalue weighted by Gasteiger charge is -1.99. The lowest BCUT2D eigenvalue weighted by molar-refractivity contribution is 0.650. The van der Waals surface area contributed by atoms with E-state index in [0.717, 1.165) is 22.2 Å². The molecule has 0 amide bonds. The number of nitrogens with zero attached hydrogens (tertiary/aromatic N) is 4. The van der Waals surface area contributed by atoms with Crippen molar-refractivity contribution in [1.82, 2.24) is 25.0 Å². The van der Waals surface area contributed by atoms with Crippen molar-refractivity contribution < 1.29 is 0 Å². The molecule has 4 rings (SSSR count). The first-order valence-electron chi connectivity index (χ1n) is 6.76. The van der Waals surface area contributed by atoms with Gasteiger partial charge in [-0.3, -0.25) is 4.98 Å². The SMILES string of the molecule is c1ccc(Cn2cc(-c3c[nH]c4ccncc34)nn2)cc1. The maximum Gasteiger partial charge on any atom is 0.115 e. The second kappa shape index (κ2) is 4.86. The molecule has 5 heteroatoms. The van der Waals surface area contributed by atoms with Gasteiger partial charge in [0.1, 0.15) is 5.69 Å². The van der Waals surface area contributed by atoms with Crippen LogP contribution < -0.4 is 0 Å². The summed E-state index contributed by atoms with van der Waals surface area (Å²) < 4.78 is 1.85. The van der Waals surface area contributed by atoms with Gasteiger partial charge in [0.2, 0.25) is 0 Å². The Bertz CT molecular complexity index is 876. The van der Waals surface area contributed by atoms with Gasteiger partial charge in [-0.15, -0.1) is 5.10 Å². The molecule has 0 fully saturated rings. The van der Waals surface area contributed by atoms with Crippen LogP contribution in [0.15, 0.2) is 61.2 Å². The molecular weight excluding hydrogens is 262 g/mol. The van der Waals surface area contributed by atoms with E-state index < -0.39 is 0 Å². The third-order valence-electron chi connectivity index (χ3n) is 3.49. The summed E-state index contributed by atoms with van der Waals surface area (Å²) in [5.74, 6) is 0. The third-order valence-corrected chi connectivity index (χ3v) is 3.49. The summed E-state index contributed by atoms with van der Waals surface area (Å²) in [5.41, 5.74) is 4.13. The van der Waals surface area contributed by atoms with Crippen molar-refractivity contribution in [2.24, 2.45) is 0 Å². The van der Waals surface area contributed by atoms with Crippen LogP contribution in [0.25, 0.3) is 22.2 Å². The van der Waals surface area contributed by atoms with E-state index in [-0.39, 0.29) is 0 Å². The largest absolute Gasteiger partial charge is 0.360 e. The van der Waals surface area contributed by atoms with E-state index in [1.165, 1.54) is 5.56 Å². The highest BCUT2D eigenvalue weighted by Gasteiger charge is 2.10. The Labute approximate surface area is 121 Å². The molecule has 3 aromatic heterocycles. The second-order valence-corrected chi connectivity index (χ2v) is 4.91. The molecule has 4 aromatic rings. The Kier molecular flexibility index (Phi) is 2.74. The van der Waals surface area contributed by atoms with E-state index in [2.05, 4.69) is 32.4 Å². The Morgan fingerprint density at radius 2 is 2.00 bits per heavy atom. The Morgan fingerprint density at radius 1 is 1.10 bits per heavy atom. The van der Waals surface area contributed by atoms with Gasteiger partial charge < -0.3 is 4.98 Å². The number of fused-ring (bicyclic) bond motifs is 1. The minimum Gasteiger partial charge on any atom is -0.360 e. The molecule has 0 bridgehead atoms. The van der Waals surface area contributed by atoms with Crippen LogP contribution in [0.2, 0.25) is 0 Å². The van der Waals surface area contributed by atoms with Crippen LogP contribution >= 0.6 is 0 Å². The maximum atomic E-state index is 4.27. The topological polar surface area (TPSA) is 59.4 Å². The van der Waals surface area contributed by atoms with Crippen LogP contribution in [0.5, 0.6) is 0 Å². The van der Waals surface area contributed by atoms with Crippen LogP contribution in [0.1, 0.15) is 5.56 Å². The zero-order chi connectivity index (χ0) is 14.1. The third kappa shape index (κ3) is 2.18. The average molecular weight is 275 g/mol. The van der Waals surface area contributed by atoms with Crippen molar-refractivity contribution in [3.8, 4) is 11.3 Å². The van der Waals surface area contributed by atoms with Crippen LogP contribution in [-0.4, -0.2) is 25.0 Å². The van der Waals surface area contributed by atoms with Crippen LogP contribution in [-0.2, 0) is 6.54 Å². The van der Waals surface area contributed by atoms with Gasteiger partial charge in [0.05, 0.1) is 12.7 Å². The van der Waals surface area contributed by atoms with E-state index in [9.17, 15) is 0 Å². The van der Waals surface area contributed by atoms with E-state index in [1.807, 2.05) is 47.5 Å². The fourth-order valence-electron chi connectivity index (χ4n) is 2.44.